The first-order chi connectivity index (χ1) is 13.5. The number of nitrogens with zero attached hydrogens (tertiary/aromatic N) is 2. The summed E-state index contributed by atoms with van der Waals surface area (Å²) in [6.45, 7) is 4.53. The van der Waals surface area contributed by atoms with Gasteiger partial charge in [-0.15, -0.1) is 11.3 Å². The molecule has 142 valence electrons. The lowest BCUT2D eigenvalue weighted by Gasteiger charge is -2.14. The van der Waals surface area contributed by atoms with Crippen molar-refractivity contribution in [3.8, 4) is 10.7 Å². The van der Waals surface area contributed by atoms with Crippen LogP contribution in [0.5, 0.6) is 0 Å². The average Bonchev–Trinajstić information content (AvgIpc) is 3.30. The minimum absolute atomic E-state index is 0.437. The standard InChI is InChI=1S/C20H19BClN3O2S/c1-3-15-12(2)23-20(17-8-9-18(22)28-17)25-19(15)24-14-6-4-13(5-7-14)16-10-11-27-21(16)26/h4-10,26H,3,11H2,1-2H3,(H,23,24,25). The summed E-state index contributed by atoms with van der Waals surface area (Å²) < 4.78 is 5.88. The fraction of sp³-hybridized carbons (Fsp3) is 0.200. The Morgan fingerprint density at radius 3 is 2.61 bits per heavy atom. The molecule has 2 N–H and O–H groups in total. The molecule has 0 saturated heterocycles. The molecule has 0 bridgehead atoms. The lowest BCUT2D eigenvalue weighted by molar-refractivity contribution is 0.316. The van der Waals surface area contributed by atoms with Gasteiger partial charge in [0.1, 0.15) is 5.82 Å². The molecule has 1 aliphatic heterocycles. The lowest BCUT2D eigenvalue weighted by Crippen LogP contribution is -2.14. The molecule has 8 heteroatoms. The summed E-state index contributed by atoms with van der Waals surface area (Å²) in [6, 6.07) is 11.7. The normalized spacial score (nSPS) is 13.7. The van der Waals surface area contributed by atoms with E-state index in [1.54, 1.807) is 0 Å². The van der Waals surface area contributed by atoms with Crippen molar-refractivity contribution in [3.63, 3.8) is 0 Å². The van der Waals surface area contributed by atoms with Gasteiger partial charge in [0.15, 0.2) is 5.82 Å². The third-order valence-corrected chi connectivity index (χ3v) is 5.89. The molecule has 28 heavy (non-hydrogen) atoms. The smallest absolute Gasteiger partial charge is 0.423 e. The molecule has 1 aliphatic rings. The van der Waals surface area contributed by atoms with Crippen molar-refractivity contribution in [1.82, 2.24) is 9.97 Å². The number of benzene rings is 1. The Morgan fingerprint density at radius 1 is 1.21 bits per heavy atom. The van der Waals surface area contributed by atoms with E-state index in [0.717, 1.165) is 45.1 Å². The highest BCUT2D eigenvalue weighted by molar-refractivity contribution is 7.19. The monoisotopic (exact) mass is 411 g/mol. The molecule has 0 saturated carbocycles. The van der Waals surface area contributed by atoms with E-state index < -0.39 is 7.12 Å². The van der Waals surface area contributed by atoms with E-state index in [4.69, 9.17) is 21.2 Å². The predicted molar refractivity (Wildman–Crippen MR) is 116 cm³/mol. The molecule has 0 amide bonds. The summed E-state index contributed by atoms with van der Waals surface area (Å²) in [4.78, 5) is 10.4. The second-order valence-electron chi connectivity index (χ2n) is 6.46. The van der Waals surface area contributed by atoms with Gasteiger partial charge in [0.25, 0.3) is 0 Å². The molecule has 3 heterocycles. The Hall–Kier alpha value is -2.19. The van der Waals surface area contributed by atoms with Crippen LogP contribution in [0.2, 0.25) is 4.34 Å². The summed E-state index contributed by atoms with van der Waals surface area (Å²) in [7, 11) is -0.852. The Labute approximate surface area is 173 Å². The zero-order valence-electron chi connectivity index (χ0n) is 15.6. The van der Waals surface area contributed by atoms with Crippen LogP contribution in [-0.4, -0.2) is 28.7 Å². The molecule has 0 radical (unpaired) electrons. The molecule has 3 aromatic rings. The van der Waals surface area contributed by atoms with E-state index in [1.165, 1.54) is 11.3 Å². The lowest BCUT2D eigenvalue weighted by atomic mass is 9.76. The number of rotatable bonds is 5. The van der Waals surface area contributed by atoms with E-state index in [2.05, 4.69) is 17.2 Å². The largest absolute Gasteiger partial charge is 0.491 e. The Bertz CT molecular complexity index is 1040. The van der Waals surface area contributed by atoms with Crippen LogP contribution in [0.15, 0.2) is 42.5 Å². The highest BCUT2D eigenvalue weighted by atomic mass is 35.5. The number of hydrogen-bond donors (Lipinski definition) is 2. The number of thiophene rings is 1. The number of hydrogen-bond acceptors (Lipinski definition) is 6. The van der Waals surface area contributed by atoms with Gasteiger partial charge in [-0.1, -0.05) is 36.7 Å². The minimum Gasteiger partial charge on any atom is -0.423 e. The summed E-state index contributed by atoms with van der Waals surface area (Å²) in [5.41, 5.74) is 4.70. The molecule has 0 unspecified atom stereocenters. The molecule has 1 aromatic carbocycles. The van der Waals surface area contributed by atoms with E-state index in [0.29, 0.717) is 16.8 Å². The van der Waals surface area contributed by atoms with Gasteiger partial charge in [0.2, 0.25) is 0 Å². The first-order valence-corrected chi connectivity index (χ1v) is 10.2. The highest BCUT2D eigenvalue weighted by Crippen LogP contribution is 2.32. The number of anilines is 2. The van der Waals surface area contributed by atoms with Gasteiger partial charge in [-0.2, -0.15) is 0 Å². The number of aromatic nitrogens is 2. The van der Waals surface area contributed by atoms with E-state index >= 15 is 0 Å². The Kier molecular flexibility index (Phi) is 5.50. The van der Waals surface area contributed by atoms with E-state index in [1.807, 2.05) is 49.4 Å². The van der Waals surface area contributed by atoms with Crippen molar-refractivity contribution < 1.29 is 9.68 Å². The third kappa shape index (κ3) is 3.84. The first-order valence-electron chi connectivity index (χ1n) is 9.05. The van der Waals surface area contributed by atoms with Gasteiger partial charge in [-0.3, -0.25) is 0 Å². The maximum Gasteiger partial charge on any atom is 0.491 e. The van der Waals surface area contributed by atoms with Crippen LogP contribution < -0.4 is 5.32 Å². The number of aryl methyl sites for hydroxylation is 1. The first kappa shape index (κ1) is 19.1. The SMILES string of the molecule is CCc1c(C)nc(-c2ccc(Cl)s2)nc1Nc1ccc(C2=CCOB2O)cc1. The molecule has 4 rings (SSSR count). The molecule has 0 spiro atoms. The summed E-state index contributed by atoms with van der Waals surface area (Å²) in [5.74, 6) is 1.47. The fourth-order valence-corrected chi connectivity index (χ4v) is 4.21. The van der Waals surface area contributed by atoms with Gasteiger partial charge in [0.05, 0.1) is 15.8 Å². The summed E-state index contributed by atoms with van der Waals surface area (Å²) in [5, 5.41) is 13.3. The van der Waals surface area contributed by atoms with Crippen molar-refractivity contribution in [3.05, 3.63) is 63.6 Å². The van der Waals surface area contributed by atoms with Gasteiger partial charge in [0, 0.05) is 16.9 Å². The van der Waals surface area contributed by atoms with Crippen molar-refractivity contribution >= 4 is 47.0 Å². The van der Waals surface area contributed by atoms with Gasteiger partial charge in [-0.05, 0) is 48.6 Å². The van der Waals surface area contributed by atoms with Crippen LogP contribution in [0.1, 0.15) is 23.7 Å². The Balaban J connectivity index is 1.64. The third-order valence-electron chi connectivity index (χ3n) is 4.67. The van der Waals surface area contributed by atoms with Crippen LogP contribution in [-0.2, 0) is 11.1 Å². The molecule has 5 nitrogen and oxygen atoms in total. The summed E-state index contributed by atoms with van der Waals surface area (Å²) >= 11 is 7.54. The predicted octanol–water partition coefficient (Wildman–Crippen LogP) is 4.91. The van der Waals surface area contributed by atoms with Gasteiger partial charge in [-0.25, -0.2) is 9.97 Å². The topological polar surface area (TPSA) is 67.3 Å². The Morgan fingerprint density at radius 2 is 2.00 bits per heavy atom. The van der Waals surface area contributed by atoms with Gasteiger partial charge >= 0.3 is 7.12 Å². The maximum absolute atomic E-state index is 9.85. The van der Waals surface area contributed by atoms with Crippen molar-refractivity contribution in [1.29, 1.82) is 0 Å². The van der Waals surface area contributed by atoms with Crippen LogP contribution >= 0.6 is 22.9 Å². The van der Waals surface area contributed by atoms with Crippen LogP contribution in [0, 0.1) is 6.92 Å². The molecule has 0 aliphatic carbocycles. The quantitative estimate of drug-likeness (QED) is 0.584. The highest BCUT2D eigenvalue weighted by Gasteiger charge is 2.25. The van der Waals surface area contributed by atoms with Crippen molar-refractivity contribution in [2.45, 2.75) is 20.3 Å². The molecule has 0 fully saturated rings. The van der Waals surface area contributed by atoms with Gasteiger partial charge < -0.3 is 15.0 Å². The average molecular weight is 412 g/mol. The number of halogens is 1. The molecule has 0 atom stereocenters. The minimum atomic E-state index is -0.852. The molecular weight excluding hydrogens is 393 g/mol. The summed E-state index contributed by atoms with van der Waals surface area (Å²) in [6.07, 6.45) is 2.72. The van der Waals surface area contributed by atoms with Crippen LogP contribution in [0.3, 0.4) is 0 Å². The van der Waals surface area contributed by atoms with Crippen molar-refractivity contribution in [2.24, 2.45) is 0 Å². The van der Waals surface area contributed by atoms with Crippen LogP contribution in [0.25, 0.3) is 16.2 Å². The zero-order chi connectivity index (χ0) is 19.7. The second kappa shape index (κ2) is 8.05. The molecule has 2 aromatic heterocycles. The van der Waals surface area contributed by atoms with Crippen molar-refractivity contribution in [2.75, 3.05) is 11.9 Å². The zero-order valence-corrected chi connectivity index (χ0v) is 17.1. The molecular formula is C20H19BClN3O2S. The van der Waals surface area contributed by atoms with E-state index in [9.17, 15) is 5.02 Å². The van der Waals surface area contributed by atoms with Crippen LogP contribution in [0.4, 0.5) is 11.5 Å². The fourth-order valence-electron chi connectivity index (χ4n) is 3.23. The second-order valence-corrected chi connectivity index (χ2v) is 8.18. The van der Waals surface area contributed by atoms with E-state index in [-0.39, 0.29) is 0 Å². The number of nitrogens with one attached hydrogen (secondary N) is 1. The maximum atomic E-state index is 9.85.